The molecule has 0 aliphatic carbocycles. The van der Waals surface area contributed by atoms with Crippen LogP contribution in [0.25, 0.3) is 5.69 Å². The molecular formula is C10H9N5O3. The van der Waals surface area contributed by atoms with E-state index in [4.69, 9.17) is 10.9 Å². The minimum atomic E-state index is -0.538. The molecule has 0 atom stereocenters. The standard InChI is InChI=1S/C10H9N5O3/c11-10(13-16)7-1-2-8(9(5-7)15(17)18)14-4-3-12-6-14/h1-6,16H,(H2,11,13). The molecule has 0 radical (unpaired) electrons. The molecule has 92 valence electrons. The van der Waals surface area contributed by atoms with Crippen molar-refractivity contribution >= 4 is 11.5 Å². The highest BCUT2D eigenvalue weighted by molar-refractivity contribution is 5.98. The second-order valence-corrected chi connectivity index (χ2v) is 3.42. The molecule has 0 aliphatic rings. The molecule has 0 saturated heterocycles. The van der Waals surface area contributed by atoms with Crippen LogP contribution >= 0.6 is 0 Å². The molecule has 1 aromatic carbocycles. The first kappa shape index (κ1) is 11.6. The first-order chi connectivity index (χ1) is 8.63. The normalized spacial score (nSPS) is 11.4. The molecule has 8 heteroatoms. The van der Waals surface area contributed by atoms with Crippen LogP contribution in [0.1, 0.15) is 5.56 Å². The molecule has 8 nitrogen and oxygen atoms in total. The van der Waals surface area contributed by atoms with E-state index in [0.29, 0.717) is 5.69 Å². The summed E-state index contributed by atoms with van der Waals surface area (Å²) in [6, 6.07) is 4.27. The SMILES string of the molecule is N/C(=N/O)c1ccc(-n2ccnc2)c([N+](=O)[O-])c1. The molecule has 2 rings (SSSR count). The van der Waals surface area contributed by atoms with Gasteiger partial charge in [0.1, 0.15) is 5.69 Å². The van der Waals surface area contributed by atoms with Gasteiger partial charge in [-0.05, 0) is 12.1 Å². The molecule has 1 aromatic heterocycles. The number of nitrogens with two attached hydrogens (primary N) is 1. The van der Waals surface area contributed by atoms with Crippen LogP contribution in [0.3, 0.4) is 0 Å². The monoisotopic (exact) mass is 247 g/mol. The van der Waals surface area contributed by atoms with Crippen LogP contribution in [0.5, 0.6) is 0 Å². The minimum absolute atomic E-state index is 0.155. The van der Waals surface area contributed by atoms with Gasteiger partial charge >= 0.3 is 0 Å². The fourth-order valence-corrected chi connectivity index (χ4v) is 1.51. The van der Waals surface area contributed by atoms with Crippen LogP contribution in [0.4, 0.5) is 5.69 Å². The summed E-state index contributed by atoms with van der Waals surface area (Å²) in [6.45, 7) is 0. The van der Waals surface area contributed by atoms with Gasteiger partial charge in [-0.25, -0.2) is 4.98 Å². The maximum Gasteiger partial charge on any atom is 0.293 e. The van der Waals surface area contributed by atoms with Gasteiger partial charge in [0, 0.05) is 24.0 Å². The highest BCUT2D eigenvalue weighted by Crippen LogP contribution is 2.23. The van der Waals surface area contributed by atoms with Crippen LogP contribution in [-0.2, 0) is 0 Å². The third-order valence-electron chi connectivity index (χ3n) is 2.36. The van der Waals surface area contributed by atoms with Crippen LogP contribution in [0.2, 0.25) is 0 Å². The zero-order valence-corrected chi connectivity index (χ0v) is 9.09. The van der Waals surface area contributed by atoms with Crippen molar-refractivity contribution in [2.45, 2.75) is 0 Å². The predicted octanol–water partition coefficient (Wildman–Crippen LogP) is 0.875. The largest absolute Gasteiger partial charge is 0.409 e. The zero-order chi connectivity index (χ0) is 13.1. The van der Waals surface area contributed by atoms with Crippen molar-refractivity contribution in [3.8, 4) is 5.69 Å². The predicted molar refractivity (Wildman–Crippen MR) is 62.7 cm³/mol. The molecule has 0 aliphatic heterocycles. The van der Waals surface area contributed by atoms with Crippen molar-refractivity contribution in [2.24, 2.45) is 10.9 Å². The fraction of sp³-hybridized carbons (Fsp3) is 0. The van der Waals surface area contributed by atoms with Gasteiger partial charge in [0.2, 0.25) is 0 Å². The van der Waals surface area contributed by atoms with Crippen molar-refractivity contribution in [1.82, 2.24) is 9.55 Å². The summed E-state index contributed by atoms with van der Waals surface area (Å²) in [4.78, 5) is 14.3. The molecule has 0 amide bonds. The Balaban J connectivity index is 2.59. The first-order valence-electron chi connectivity index (χ1n) is 4.88. The lowest BCUT2D eigenvalue weighted by molar-refractivity contribution is -0.384. The highest BCUT2D eigenvalue weighted by Gasteiger charge is 2.17. The Morgan fingerprint density at radius 1 is 1.56 bits per heavy atom. The number of hydrogen-bond acceptors (Lipinski definition) is 5. The van der Waals surface area contributed by atoms with Gasteiger partial charge in [0.05, 0.1) is 11.3 Å². The second-order valence-electron chi connectivity index (χ2n) is 3.42. The molecular weight excluding hydrogens is 238 g/mol. The number of imidazole rings is 1. The van der Waals surface area contributed by atoms with Crippen LogP contribution in [0, 0.1) is 10.1 Å². The quantitative estimate of drug-likeness (QED) is 0.274. The number of amidine groups is 1. The Morgan fingerprint density at radius 2 is 2.33 bits per heavy atom. The number of nitrogens with zero attached hydrogens (tertiary/aromatic N) is 4. The van der Waals surface area contributed by atoms with E-state index >= 15 is 0 Å². The van der Waals surface area contributed by atoms with Crippen molar-refractivity contribution in [2.75, 3.05) is 0 Å². The lowest BCUT2D eigenvalue weighted by Gasteiger charge is -2.05. The van der Waals surface area contributed by atoms with Gasteiger partial charge < -0.3 is 15.5 Å². The second kappa shape index (κ2) is 4.53. The highest BCUT2D eigenvalue weighted by atomic mass is 16.6. The number of nitro benzene ring substituents is 1. The molecule has 0 spiro atoms. The van der Waals surface area contributed by atoms with Crippen molar-refractivity contribution < 1.29 is 10.1 Å². The van der Waals surface area contributed by atoms with Gasteiger partial charge in [-0.2, -0.15) is 0 Å². The molecule has 0 saturated carbocycles. The third kappa shape index (κ3) is 1.98. The van der Waals surface area contributed by atoms with E-state index in [1.165, 1.54) is 35.3 Å². The average Bonchev–Trinajstić information content (AvgIpc) is 2.90. The van der Waals surface area contributed by atoms with Crippen LogP contribution in [0.15, 0.2) is 42.1 Å². The van der Waals surface area contributed by atoms with Crippen molar-refractivity contribution in [3.05, 3.63) is 52.6 Å². The van der Waals surface area contributed by atoms with E-state index in [0.717, 1.165) is 0 Å². The van der Waals surface area contributed by atoms with Crippen molar-refractivity contribution in [1.29, 1.82) is 0 Å². The summed E-state index contributed by atoms with van der Waals surface area (Å²) in [6.07, 6.45) is 4.55. The molecule has 0 unspecified atom stereocenters. The van der Waals surface area contributed by atoms with Crippen molar-refractivity contribution in [3.63, 3.8) is 0 Å². The van der Waals surface area contributed by atoms with Crippen LogP contribution < -0.4 is 5.73 Å². The van der Waals surface area contributed by atoms with E-state index in [1.807, 2.05) is 0 Å². The number of rotatable bonds is 3. The lowest BCUT2D eigenvalue weighted by Crippen LogP contribution is -2.13. The van der Waals surface area contributed by atoms with E-state index in [2.05, 4.69) is 10.1 Å². The van der Waals surface area contributed by atoms with E-state index < -0.39 is 4.92 Å². The molecule has 2 aromatic rings. The minimum Gasteiger partial charge on any atom is -0.409 e. The van der Waals surface area contributed by atoms with Gasteiger partial charge in [-0.3, -0.25) is 10.1 Å². The Morgan fingerprint density at radius 3 is 2.89 bits per heavy atom. The Labute approximate surface area is 101 Å². The summed E-state index contributed by atoms with van der Waals surface area (Å²) in [5.41, 5.74) is 5.86. The number of oxime groups is 1. The van der Waals surface area contributed by atoms with E-state index in [-0.39, 0.29) is 17.1 Å². The Kier molecular flexibility index (Phi) is 2.92. The van der Waals surface area contributed by atoms with Gasteiger partial charge in [-0.15, -0.1) is 0 Å². The lowest BCUT2D eigenvalue weighted by atomic mass is 10.1. The molecule has 3 N–H and O–H groups in total. The van der Waals surface area contributed by atoms with Gasteiger partial charge in [0.15, 0.2) is 5.84 Å². The van der Waals surface area contributed by atoms with E-state index in [1.54, 1.807) is 6.20 Å². The number of hydrogen-bond donors (Lipinski definition) is 2. The molecule has 1 heterocycles. The summed E-state index contributed by atoms with van der Waals surface area (Å²) in [7, 11) is 0. The zero-order valence-electron chi connectivity index (χ0n) is 9.09. The van der Waals surface area contributed by atoms with Gasteiger partial charge in [-0.1, -0.05) is 5.16 Å². The summed E-state index contributed by atoms with van der Waals surface area (Å²) in [5.74, 6) is -0.185. The maximum absolute atomic E-state index is 11.0. The maximum atomic E-state index is 11.0. The number of nitro groups is 1. The summed E-state index contributed by atoms with van der Waals surface area (Å²) < 4.78 is 1.51. The molecule has 0 bridgehead atoms. The topological polar surface area (TPSA) is 120 Å². The van der Waals surface area contributed by atoms with Gasteiger partial charge in [0.25, 0.3) is 5.69 Å². The Hall–Kier alpha value is -2.90. The number of aromatic nitrogens is 2. The summed E-state index contributed by atoms with van der Waals surface area (Å²) >= 11 is 0. The average molecular weight is 247 g/mol. The molecule has 18 heavy (non-hydrogen) atoms. The summed E-state index contributed by atoms with van der Waals surface area (Å²) in [5, 5.41) is 22.4. The van der Waals surface area contributed by atoms with E-state index in [9.17, 15) is 10.1 Å². The third-order valence-corrected chi connectivity index (χ3v) is 2.36. The smallest absolute Gasteiger partial charge is 0.293 e. The fourth-order valence-electron chi connectivity index (χ4n) is 1.51. The van der Waals surface area contributed by atoms with Crippen LogP contribution in [-0.4, -0.2) is 25.5 Å². The number of benzene rings is 1. The Bertz CT molecular complexity index is 606. The first-order valence-corrected chi connectivity index (χ1v) is 4.88. The molecule has 0 fully saturated rings.